The summed E-state index contributed by atoms with van der Waals surface area (Å²) in [6, 6.07) is 71.1. The minimum atomic E-state index is -0.163. The second kappa shape index (κ2) is 21.6. The van der Waals surface area contributed by atoms with Crippen molar-refractivity contribution in [3.63, 3.8) is 0 Å². The van der Waals surface area contributed by atoms with E-state index in [1.165, 1.54) is 97.8 Å². The van der Waals surface area contributed by atoms with Gasteiger partial charge in [0.1, 0.15) is 24.0 Å². The van der Waals surface area contributed by atoms with Gasteiger partial charge >= 0.3 is 0 Å². The molecule has 4 heterocycles. The predicted molar refractivity (Wildman–Crippen MR) is 389 cm³/mol. The van der Waals surface area contributed by atoms with Gasteiger partial charge in [0.2, 0.25) is 0 Å². The van der Waals surface area contributed by atoms with Crippen LogP contribution in [0.2, 0.25) is 0 Å². The Morgan fingerprint density at radius 3 is 1.53 bits per heavy atom. The summed E-state index contributed by atoms with van der Waals surface area (Å²) in [5, 5.41) is 4.95. The maximum atomic E-state index is 7.49. The molecular weight excluding hydrogens is 1110 g/mol. The number of pyridine rings is 1. The van der Waals surface area contributed by atoms with Crippen LogP contribution in [-0.4, -0.2) is 16.2 Å². The number of hydrogen-bond donors (Lipinski definition) is 0. The van der Waals surface area contributed by atoms with Gasteiger partial charge in [0.05, 0.1) is 28.1 Å². The minimum absolute atomic E-state index is 0.0109. The van der Waals surface area contributed by atoms with Gasteiger partial charge in [0.15, 0.2) is 0 Å². The lowest BCUT2D eigenvalue weighted by molar-refractivity contribution is 0.483. The fourth-order valence-electron chi connectivity index (χ4n) is 13.5. The van der Waals surface area contributed by atoms with E-state index < -0.39 is 0 Å². The van der Waals surface area contributed by atoms with Crippen LogP contribution in [0.25, 0.3) is 81.2 Å². The number of fused-ring (bicyclic) bond motifs is 8. The van der Waals surface area contributed by atoms with Crippen molar-refractivity contribution < 1.29 is 4.74 Å². The lowest BCUT2D eigenvalue weighted by Gasteiger charge is -2.31. The molecule has 0 atom stereocenters. The van der Waals surface area contributed by atoms with Crippen molar-refractivity contribution in [3.05, 3.63) is 228 Å². The average Bonchev–Trinajstić information content (AvgIpc) is 1.47. The van der Waals surface area contributed by atoms with Gasteiger partial charge in [-0.1, -0.05) is 228 Å². The summed E-state index contributed by atoms with van der Waals surface area (Å²) in [6.45, 7) is 42.2. The zero-order valence-corrected chi connectivity index (χ0v) is 57.1. The number of hydrogen-bond acceptors (Lipinski definition) is 5. The highest BCUT2D eigenvalue weighted by molar-refractivity contribution is 7.26. The molecule has 0 radical (unpaired) electrons. The zero-order chi connectivity index (χ0) is 63.8. The third-order valence-corrected chi connectivity index (χ3v) is 19.8. The molecule has 0 bridgehead atoms. The Labute approximate surface area is 539 Å². The van der Waals surface area contributed by atoms with E-state index in [4.69, 9.17) is 9.72 Å². The molecule has 90 heavy (non-hydrogen) atoms. The highest BCUT2D eigenvalue weighted by Gasteiger charge is 2.35. The molecule has 1 aliphatic heterocycles. The smallest absolute Gasteiger partial charge is 0.137 e. The third-order valence-electron chi connectivity index (χ3n) is 18.6. The first kappa shape index (κ1) is 60.5. The maximum Gasteiger partial charge on any atom is 0.137 e. The number of benzene rings is 9. The van der Waals surface area contributed by atoms with E-state index in [0.717, 1.165) is 51.0 Å². The molecule has 9 aromatic carbocycles. The first-order chi connectivity index (χ1) is 42.4. The van der Waals surface area contributed by atoms with Crippen molar-refractivity contribution >= 4 is 76.1 Å². The molecule has 0 N–H and O–H groups in total. The SMILES string of the molecule is CC(C)(C)c1ccc(-c2cc(C(C)(C)C)cc(-c3ccc(C(C)(C)C)cc3)c2N2CN(c3cc(Oc4ccc5c6c7sc8ccccc8c7ccc6n(-c6cc(C(C)(C)C)ccn6)c5c4)cc(-c4c(C(C)(C)C)cccc4C(C)(C)C)c3)c3ccccc32)cc1. The first-order valence-electron chi connectivity index (χ1n) is 32.3. The van der Waals surface area contributed by atoms with Crippen LogP contribution in [0.3, 0.4) is 0 Å². The Morgan fingerprint density at radius 1 is 0.400 bits per heavy atom. The highest BCUT2D eigenvalue weighted by atomic mass is 32.1. The predicted octanol–water partition coefficient (Wildman–Crippen LogP) is 24.4. The van der Waals surface area contributed by atoms with Crippen LogP contribution in [0.1, 0.15) is 158 Å². The fourth-order valence-corrected chi connectivity index (χ4v) is 14.8. The first-order valence-corrected chi connectivity index (χ1v) is 33.1. The summed E-state index contributed by atoms with van der Waals surface area (Å²) in [7, 11) is 0. The van der Waals surface area contributed by atoms with E-state index in [1.807, 2.05) is 17.5 Å². The van der Waals surface area contributed by atoms with Gasteiger partial charge in [-0.25, -0.2) is 4.98 Å². The maximum absolute atomic E-state index is 7.49. The summed E-state index contributed by atoms with van der Waals surface area (Å²) >= 11 is 1.87. The van der Waals surface area contributed by atoms with Crippen molar-refractivity contribution in [3.8, 4) is 50.7 Å². The van der Waals surface area contributed by atoms with Crippen LogP contribution in [0.4, 0.5) is 22.7 Å². The Kier molecular flexibility index (Phi) is 14.5. The quantitative estimate of drug-likeness (QED) is 0.152. The van der Waals surface area contributed by atoms with E-state index in [0.29, 0.717) is 6.67 Å². The summed E-state index contributed by atoms with van der Waals surface area (Å²) in [5.41, 5.74) is 21.1. The Morgan fingerprint density at radius 2 is 0.956 bits per heavy atom. The summed E-state index contributed by atoms with van der Waals surface area (Å²) in [4.78, 5) is 10.2. The van der Waals surface area contributed by atoms with Crippen molar-refractivity contribution in [1.82, 2.24) is 9.55 Å². The number of anilines is 4. The lowest BCUT2D eigenvalue weighted by Crippen LogP contribution is -2.25. The van der Waals surface area contributed by atoms with Crippen molar-refractivity contribution in [2.75, 3.05) is 16.5 Å². The topological polar surface area (TPSA) is 33.5 Å². The van der Waals surface area contributed by atoms with Crippen LogP contribution in [0.15, 0.2) is 194 Å². The summed E-state index contributed by atoms with van der Waals surface area (Å²) in [5.74, 6) is 2.40. The minimum Gasteiger partial charge on any atom is -0.457 e. The van der Waals surface area contributed by atoms with Crippen LogP contribution < -0.4 is 14.5 Å². The van der Waals surface area contributed by atoms with E-state index in [2.05, 4.69) is 327 Å². The van der Waals surface area contributed by atoms with Gasteiger partial charge in [-0.05, 0) is 161 Å². The standard InChI is InChI=1S/C84H88N4OS/c1-79(2,3)55-34-30-52(31-35-55)65-46-58(82(10,11)12)47-66(53-32-36-56(37-33-53)80(4,5)6)77(65)87-51-86(69-27-20-21-28-70(69)87)59-44-54(75-67(83(13,14)15)25-23-26-68(75)84(16,17)18)45-61(49-59)89-60-38-39-64-72(50-60)88(74-48-57(42-43-85-74)81(7,8)9)71-41-40-63-62-24-19-22-29-73(62)90-78(63)76(64)71/h19-50H,51H2,1-18H3. The van der Waals surface area contributed by atoms with E-state index in [-0.39, 0.29) is 32.5 Å². The highest BCUT2D eigenvalue weighted by Crippen LogP contribution is 2.54. The molecule has 0 amide bonds. The fraction of sp³-hybridized carbons (Fsp3) is 0.298. The molecular formula is C84H88N4OS. The van der Waals surface area contributed by atoms with Crippen molar-refractivity contribution in [1.29, 1.82) is 0 Å². The third kappa shape index (κ3) is 11.0. The Bertz CT molecular complexity index is 4650. The number of ether oxygens (including phenoxy) is 1. The number of rotatable bonds is 8. The van der Waals surface area contributed by atoms with Gasteiger partial charge in [0.25, 0.3) is 0 Å². The number of thiophene rings is 1. The molecule has 0 unspecified atom stereocenters. The van der Waals surface area contributed by atoms with Gasteiger partial charge < -0.3 is 14.5 Å². The van der Waals surface area contributed by atoms with Gasteiger partial charge in [-0.15, -0.1) is 11.3 Å². The molecule has 0 saturated carbocycles. The lowest BCUT2D eigenvalue weighted by atomic mass is 9.74. The molecule has 0 saturated heterocycles. The summed E-state index contributed by atoms with van der Waals surface area (Å²) in [6.07, 6.45) is 1.97. The van der Waals surface area contributed by atoms with E-state index in [9.17, 15) is 0 Å². The van der Waals surface area contributed by atoms with Crippen LogP contribution >= 0.6 is 11.3 Å². The molecule has 6 heteroatoms. The molecule has 12 aromatic rings. The summed E-state index contributed by atoms with van der Waals surface area (Å²) < 4.78 is 12.4. The number of aromatic nitrogens is 2. The molecule has 1 aliphatic rings. The Hall–Kier alpha value is -8.45. The Balaban J connectivity index is 1.03. The van der Waals surface area contributed by atoms with E-state index in [1.54, 1.807) is 0 Å². The molecule has 0 aliphatic carbocycles. The van der Waals surface area contributed by atoms with Crippen LogP contribution in [0.5, 0.6) is 11.5 Å². The van der Waals surface area contributed by atoms with Gasteiger partial charge in [-0.2, -0.15) is 0 Å². The van der Waals surface area contributed by atoms with Crippen LogP contribution in [0, 0.1) is 0 Å². The van der Waals surface area contributed by atoms with Crippen LogP contribution in [-0.2, 0) is 32.5 Å². The number of para-hydroxylation sites is 2. The average molecular weight is 1200 g/mol. The monoisotopic (exact) mass is 1200 g/mol. The molecule has 0 fully saturated rings. The molecule has 3 aromatic heterocycles. The second-order valence-corrected chi connectivity index (χ2v) is 32.5. The largest absolute Gasteiger partial charge is 0.457 e. The molecule has 13 rings (SSSR count). The zero-order valence-electron chi connectivity index (χ0n) is 56.3. The van der Waals surface area contributed by atoms with Crippen molar-refractivity contribution in [2.45, 2.75) is 157 Å². The van der Waals surface area contributed by atoms with E-state index >= 15 is 0 Å². The number of nitrogens with zero attached hydrogens (tertiary/aromatic N) is 4. The van der Waals surface area contributed by atoms with Gasteiger partial charge in [0, 0.05) is 66.1 Å². The second-order valence-electron chi connectivity index (χ2n) is 31.5. The molecule has 5 nitrogen and oxygen atoms in total. The van der Waals surface area contributed by atoms with Gasteiger partial charge in [-0.3, -0.25) is 4.57 Å². The normalized spacial score (nSPS) is 13.6. The molecule has 456 valence electrons. The molecule has 0 spiro atoms. The van der Waals surface area contributed by atoms with Crippen molar-refractivity contribution in [2.24, 2.45) is 0 Å².